The number of ether oxygens (including phenoxy) is 1. The van der Waals surface area contributed by atoms with E-state index in [1.54, 1.807) is 11.3 Å². The first-order valence-electron chi connectivity index (χ1n) is 8.25. The minimum Gasteiger partial charge on any atom is -0.479 e. The van der Waals surface area contributed by atoms with Gasteiger partial charge in [-0.3, -0.25) is 4.79 Å². The molecule has 0 saturated carbocycles. The number of aliphatic carboxylic acids is 1. The van der Waals surface area contributed by atoms with Crippen molar-refractivity contribution < 1.29 is 19.4 Å². The van der Waals surface area contributed by atoms with E-state index in [4.69, 9.17) is 9.84 Å². The molecule has 1 fully saturated rings. The Morgan fingerprint density at radius 1 is 1.20 bits per heavy atom. The van der Waals surface area contributed by atoms with E-state index in [2.05, 4.69) is 22.4 Å². The van der Waals surface area contributed by atoms with Crippen LogP contribution in [-0.2, 0) is 33.7 Å². The van der Waals surface area contributed by atoms with Gasteiger partial charge in [0.05, 0.1) is 17.2 Å². The fraction of sp³-hybridized carbons (Fsp3) is 0.389. The molecule has 1 aromatic carbocycles. The predicted octanol–water partition coefficient (Wildman–Crippen LogP) is 2.18. The van der Waals surface area contributed by atoms with Gasteiger partial charge in [-0.05, 0) is 24.8 Å². The summed E-state index contributed by atoms with van der Waals surface area (Å²) in [6.07, 6.45) is 1.05. The summed E-state index contributed by atoms with van der Waals surface area (Å²) >= 11 is 1.59. The molecular weight excluding hydrogens is 340 g/mol. The average molecular weight is 360 g/mol. The summed E-state index contributed by atoms with van der Waals surface area (Å²) in [6.45, 7) is 0.332. The molecule has 132 valence electrons. The first kappa shape index (κ1) is 17.6. The molecule has 0 spiro atoms. The smallest absolute Gasteiger partial charge is 0.332 e. The molecule has 2 heterocycles. The maximum Gasteiger partial charge on any atom is 0.332 e. The molecule has 2 N–H and O–H groups in total. The lowest BCUT2D eigenvalue weighted by Gasteiger charge is -2.10. The Balaban J connectivity index is 1.44. The highest BCUT2D eigenvalue weighted by molar-refractivity contribution is 7.09. The summed E-state index contributed by atoms with van der Waals surface area (Å²) in [4.78, 5) is 27.4. The number of aryl methyl sites for hydroxylation is 2. The minimum atomic E-state index is -1.02. The number of nitrogens with one attached hydrogen (secondary N) is 1. The zero-order valence-electron chi connectivity index (χ0n) is 13.7. The molecule has 0 bridgehead atoms. The topological polar surface area (TPSA) is 88.5 Å². The number of carbonyl (C=O) groups is 2. The molecule has 0 radical (unpaired) electrons. The number of carboxylic acids is 1. The first-order chi connectivity index (χ1) is 12.1. The summed E-state index contributed by atoms with van der Waals surface area (Å²) in [5.41, 5.74) is 2.09. The van der Waals surface area contributed by atoms with Gasteiger partial charge in [0.15, 0.2) is 6.10 Å². The van der Waals surface area contributed by atoms with Gasteiger partial charge in [0, 0.05) is 11.8 Å². The van der Waals surface area contributed by atoms with Crippen LogP contribution >= 0.6 is 11.3 Å². The second-order valence-corrected chi connectivity index (χ2v) is 6.91. The zero-order valence-corrected chi connectivity index (χ0v) is 14.5. The maximum atomic E-state index is 12.1. The van der Waals surface area contributed by atoms with Crippen molar-refractivity contribution >= 4 is 23.2 Å². The van der Waals surface area contributed by atoms with Gasteiger partial charge in [-0.25, -0.2) is 9.78 Å². The second kappa shape index (κ2) is 8.22. The van der Waals surface area contributed by atoms with Crippen LogP contribution in [0.4, 0.5) is 0 Å². The number of carboxylic acid groups (broad SMARTS) is 1. The monoisotopic (exact) mass is 360 g/mol. The third kappa shape index (κ3) is 4.87. The number of hydrogen-bond donors (Lipinski definition) is 2. The molecule has 2 atom stereocenters. The normalized spacial score (nSPS) is 19.7. The molecule has 1 aliphatic rings. The Morgan fingerprint density at radius 3 is 2.68 bits per heavy atom. The van der Waals surface area contributed by atoms with Crippen LogP contribution in [0, 0.1) is 0 Å². The lowest BCUT2D eigenvalue weighted by molar-refractivity contribution is -0.151. The van der Waals surface area contributed by atoms with Crippen LogP contribution in [0.25, 0.3) is 0 Å². The van der Waals surface area contributed by atoms with E-state index in [1.807, 2.05) is 23.6 Å². The maximum absolute atomic E-state index is 12.1. The highest BCUT2D eigenvalue weighted by Gasteiger charge is 2.34. The van der Waals surface area contributed by atoms with Crippen LogP contribution in [0.5, 0.6) is 0 Å². The molecule has 1 aliphatic heterocycles. The summed E-state index contributed by atoms with van der Waals surface area (Å²) in [5, 5.41) is 14.6. The van der Waals surface area contributed by atoms with Crippen molar-refractivity contribution in [3.8, 4) is 0 Å². The van der Waals surface area contributed by atoms with Crippen LogP contribution in [0.3, 0.4) is 0 Å². The van der Waals surface area contributed by atoms with Crippen LogP contribution in [0.1, 0.15) is 29.1 Å². The number of thiazole rings is 1. The summed E-state index contributed by atoms with van der Waals surface area (Å²) < 4.78 is 5.24. The lowest BCUT2D eigenvalue weighted by atomic mass is 10.1. The molecule has 1 amide bonds. The van der Waals surface area contributed by atoms with Gasteiger partial charge in [-0.15, -0.1) is 11.3 Å². The zero-order chi connectivity index (χ0) is 17.6. The molecule has 2 aromatic rings. The molecule has 3 rings (SSSR count). The third-order valence-electron chi connectivity index (χ3n) is 4.10. The lowest BCUT2D eigenvalue weighted by Crippen LogP contribution is -2.35. The van der Waals surface area contributed by atoms with Crippen molar-refractivity contribution in [2.24, 2.45) is 0 Å². The van der Waals surface area contributed by atoms with Crippen molar-refractivity contribution in [2.75, 3.05) is 0 Å². The molecule has 6 nitrogen and oxygen atoms in total. The highest BCUT2D eigenvalue weighted by atomic mass is 32.1. The van der Waals surface area contributed by atoms with Gasteiger partial charge in [0.25, 0.3) is 0 Å². The van der Waals surface area contributed by atoms with Crippen molar-refractivity contribution in [3.05, 3.63) is 52.0 Å². The van der Waals surface area contributed by atoms with Crippen LogP contribution < -0.4 is 5.32 Å². The van der Waals surface area contributed by atoms with Crippen molar-refractivity contribution in [1.82, 2.24) is 10.3 Å². The van der Waals surface area contributed by atoms with E-state index in [1.165, 1.54) is 5.56 Å². The Labute approximate surface area is 149 Å². The molecule has 1 aromatic heterocycles. The van der Waals surface area contributed by atoms with Gasteiger partial charge in [-0.1, -0.05) is 30.3 Å². The van der Waals surface area contributed by atoms with Gasteiger partial charge >= 0.3 is 5.97 Å². The quantitative estimate of drug-likeness (QED) is 0.790. The van der Waals surface area contributed by atoms with E-state index in [9.17, 15) is 9.59 Å². The predicted molar refractivity (Wildman–Crippen MR) is 93.3 cm³/mol. The Hall–Kier alpha value is -2.25. The van der Waals surface area contributed by atoms with Crippen LogP contribution in [0.2, 0.25) is 0 Å². The summed E-state index contributed by atoms with van der Waals surface area (Å²) in [7, 11) is 0. The Bertz CT molecular complexity index is 732. The summed E-state index contributed by atoms with van der Waals surface area (Å²) in [5.74, 6) is -1.29. The van der Waals surface area contributed by atoms with E-state index >= 15 is 0 Å². The highest BCUT2D eigenvalue weighted by Crippen LogP contribution is 2.20. The molecule has 1 saturated heterocycles. The van der Waals surface area contributed by atoms with E-state index < -0.39 is 18.2 Å². The fourth-order valence-corrected chi connectivity index (χ4v) is 3.54. The standard InChI is InChI=1S/C18H20N2O4S/c21-17(14-7-8-15(24-14)18(22)23)19-10-13-11-25-16(20-13)9-6-12-4-2-1-3-5-12/h1-5,11,14-15H,6-10H2,(H,19,21)(H,22,23)/t14-,15+/m0/s1. The molecule has 0 aliphatic carbocycles. The largest absolute Gasteiger partial charge is 0.479 e. The number of hydrogen-bond acceptors (Lipinski definition) is 5. The molecular formula is C18H20N2O4S. The third-order valence-corrected chi connectivity index (χ3v) is 5.06. The molecule has 25 heavy (non-hydrogen) atoms. The fourth-order valence-electron chi connectivity index (χ4n) is 2.74. The van der Waals surface area contributed by atoms with Gasteiger partial charge in [-0.2, -0.15) is 0 Å². The van der Waals surface area contributed by atoms with E-state index in [0.29, 0.717) is 19.4 Å². The number of aromatic nitrogens is 1. The van der Waals surface area contributed by atoms with Gasteiger partial charge < -0.3 is 15.2 Å². The van der Waals surface area contributed by atoms with Crippen molar-refractivity contribution in [2.45, 2.75) is 44.4 Å². The second-order valence-electron chi connectivity index (χ2n) is 5.96. The molecule has 7 heteroatoms. The van der Waals surface area contributed by atoms with E-state index in [0.717, 1.165) is 23.5 Å². The minimum absolute atomic E-state index is 0.275. The average Bonchev–Trinajstić information content (AvgIpc) is 3.28. The number of nitrogens with zero attached hydrogens (tertiary/aromatic N) is 1. The number of carbonyl (C=O) groups excluding carboxylic acids is 1. The Morgan fingerprint density at radius 2 is 1.96 bits per heavy atom. The van der Waals surface area contributed by atoms with E-state index in [-0.39, 0.29) is 5.91 Å². The SMILES string of the molecule is O=C(NCc1csc(CCc2ccccc2)n1)[C@@H]1CC[C@H](C(=O)O)O1. The molecule has 0 unspecified atom stereocenters. The van der Waals surface area contributed by atoms with Crippen LogP contribution in [0.15, 0.2) is 35.7 Å². The number of rotatable bonds is 7. The van der Waals surface area contributed by atoms with Crippen molar-refractivity contribution in [1.29, 1.82) is 0 Å². The number of benzene rings is 1. The van der Waals surface area contributed by atoms with Crippen molar-refractivity contribution in [3.63, 3.8) is 0 Å². The number of amides is 1. The Kier molecular flexibility index (Phi) is 5.78. The van der Waals surface area contributed by atoms with Gasteiger partial charge in [0.2, 0.25) is 5.91 Å². The summed E-state index contributed by atoms with van der Waals surface area (Å²) in [6, 6.07) is 10.2. The van der Waals surface area contributed by atoms with Crippen LogP contribution in [-0.4, -0.2) is 34.2 Å². The first-order valence-corrected chi connectivity index (χ1v) is 9.13. The van der Waals surface area contributed by atoms with Gasteiger partial charge in [0.1, 0.15) is 6.10 Å².